The number of aliphatic imine (C=N–C) groups is 1. The first-order chi connectivity index (χ1) is 22.0. The third-order valence-electron chi connectivity index (χ3n) is 8.27. The minimum absolute atomic E-state index is 0.00832. The lowest BCUT2D eigenvalue weighted by Gasteiger charge is -2.37. The van der Waals surface area contributed by atoms with Crippen LogP contribution >= 0.6 is 11.8 Å². The molecular formula is C34H35F3N6O2S. The molecule has 6 rings (SSSR count). The molecule has 0 spiro atoms. The van der Waals surface area contributed by atoms with Gasteiger partial charge in [0.2, 0.25) is 0 Å². The summed E-state index contributed by atoms with van der Waals surface area (Å²) < 4.78 is 42.8. The van der Waals surface area contributed by atoms with E-state index < -0.39 is 6.36 Å². The van der Waals surface area contributed by atoms with Crippen LogP contribution in [0.5, 0.6) is 5.75 Å². The lowest BCUT2D eigenvalue weighted by atomic mass is 9.95. The Labute approximate surface area is 270 Å². The van der Waals surface area contributed by atoms with Crippen molar-refractivity contribution in [2.24, 2.45) is 4.99 Å². The Balaban J connectivity index is 1.09. The van der Waals surface area contributed by atoms with E-state index in [1.165, 1.54) is 46.4 Å². The van der Waals surface area contributed by atoms with Crippen molar-refractivity contribution in [3.05, 3.63) is 89.7 Å². The average molecular weight is 649 g/mol. The number of ether oxygens (including phenoxy) is 1. The van der Waals surface area contributed by atoms with E-state index in [0.29, 0.717) is 17.4 Å². The molecule has 240 valence electrons. The van der Waals surface area contributed by atoms with Crippen molar-refractivity contribution in [2.45, 2.75) is 70.8 Å². The molecule has 2 heterocycles. The van der Waals surface area contributed by atoms with Crippen molar-refractivity contribution in [3.8, 4) is 22.8 Å². The van der Waals surface area contributed by atoms with Crippen molar-refractivity contribution >= 4 is 28.6 Å². The Morgan fingerprint density at radius 3 is 2.52 bits per heavy atom. The number of nitrogens with one attached hydrogen (secondary N) is 1. The second-order valence-corrected chi connectivity index (χ2v) is 13.0. The van der Waals surface area contributed by atoms with Gasteiger partial charge in [0.25, 0.3) is 0 Å². The number of aromatic nitrogens is 3. The molecule has 3 aromatic carbocycles. The van der Waals surface area contributed by atoms with E-state index in [2.05, 4.69) is 75.9 Å². The van der Waals surface area contributed by atoms with Crippen LogP contribution in [0.25, 0.3) is 17.1 Å². The van der Waals surface area contributed by atoms with Gasteiger partial charge in [-0.15, -0.1) is 18.3 Å². The third kappa shape index (κ3) is 7.06. The van der Waals surface area contributed by atoms with E-state index in [0.717, 1.165) is 40.6 Å². The van der Waals surface area contributed by atoms with Crippen LogP contribution in [0.15, 0.2) is 78.0 Å². The van der Waals surface area contributed by atoms with Crippen LogP contribution in [0, 0.1) is 6.92 Å². The van der Waals surface area contributed by atoms with Crippen molar-refractivity contribution in [2.75, 3.05) is 10.7 Å². The molecule has 4 aromatic rings. The second kappa shape index (κ2) is 12.8. The summed E-state index contributed by atoms with van der Waals surface area (Å²) in [5.74, 6) is 1.64. The van der Waals surface area contributed by atoms with Crippen LogP contribution in [0.4, 0.5) is 23.7 Å². The zero-order chi connectivity index (χ0) is 32.6. The Bertz CT molecular complexity index is 1740. The molecule has 1 aliphatic carbocycles. The molecule has 1 aliphatic heterocycles. The summed E-state index contributed by atoms with van der Waals surface area (Å²) in [6, 6.07) is 19.5. The van der Waals surface area contributed by atoms with Crippen LogP contribution in [0.1, 0.15) is 62.1 Å². The molecule has 1 aromatic heterocycles. The Hall–Kier alpha value is -4.32. The van der Waals surface area contributed by atoms with Gasteiger partial charge in [-0.1, -0.05) is 62.0 Å². The van der Waals surface area contributed by atoms with Crippen LogP contribution in [0.3, 0.4) is 0 Å². The fraction of sp³-hybridized carbons (Fsp3) is 0.353. The van der Waals surface area contributed by atoms with E-state index >= 15 is 0 Å². The van der Waals surface area contributed by atoms with Gasteiger partial charge in [0.1, 0.15) is 12.1 Å². The first-order valence-corrected chi connectivity index (χ1v) is 16.2. The van der Waals surface area contributed by atoms with E-state index in [1.54, 1.807) is 11.8 Å². The van der Waals surface area contributed by atoms with Gasteiger partial charge in [-0.05, 0) is 79.6 Å². The zero-order valence-electron chi connectivity index (χ0n) is 26.0. The first-order valence-electron chi connectivity index (χ1n) is 15.3. The van der Waals surface area contributed by atoms with Gasteiger partial charge in [0.05, 0.1) is 5.69 Å². The standard InChI is InChI=1S/C34H35F3N6O2S/c1-20(2)30-21(3)6-5-7-29(30)43-22(4)16-17-46-33(43)40-32(44)39-28-18-27(28)23-8-10-24(11-9-23)31-38-19-42(41-31)25-12-14-26(15-13-25)45-34(35,36)37/h5-15,19-20,22,27-28H,16-18H2,1-4H3,(H,39,44). The molecule has 2 fully saturated rings. The average Bonchev–Trinajstić information content (AvgIpc) is 3.58. The minimum Gasteiger partial charge on any atom is -0.406 e. The lowest BCUT2D eigenvalue weighted by Crippen LogP contribution is -2.43. The van der Waals surface area contributed by atoms with E-state index in [1.807, 2.05) is 24.3 Å². The monoisotopic (exact) mass is 648 g/mol. The number of halogens is 3. The minimum atomic E-state index is -4.75. The number of urea groups is 1. The summed E-state index contributed by atoms with van der Waals surface area (Å²) >= 11 is 1.63. The fourth-order valence-corrected chi connectivity index (χ4v) is 7.17. The lowest BCUT2D eigenvalue weighted by molar-refractivity contribution is -0.274. The number of aryl methyl sites for hydroxylation is 1. The normalized spacial score (nSPS) is 20.7. The van der Waals surface area contributed by atoms with Crippen molar-refractivity contribution < 1.29 is 22.7 Å². The molecule has 1 saturated heterocycles. The highest BCUT2D eigenvalue weighted by Crippen LogP contribution is 2.42. The molecule has 3 unspecified atom stereocenters. The van der Waals surface area contributed by atoms with Gasteiger partial charge in [-0.3, -0.25) is 0 Å². The van der Waals surface area contributed by atoms with Gasteiger partial charge in [0, 0.05) is 35.0 Å². The summed E-state index contributed by atoms with van der Waals surface area (Å²) in [6.45, 7) is 8.72. The number of alkyl halides is 3. The summed E-state index contributed by atoms with van der Waals surface area (Å²) in [5, 5.41) is 8.32. The fourth-order valence-electron chi connectivity index (χ4n) is 5.96. The maximum atomic E-state index is 13.1. The van der Waals surface area contributed by atoms with Gasteiger partial charge in [0.15, 0.2) is 11.0 Å². The molecule has 3 atom stereocenters. The summed E-state index contributed by atoms with van der Waals surface area (Å²) in [4.78, 5) is 24.3. The Kier molecular flexibility index (Phi) is 8.82. The molecule has 1 saturated carbocycles. The second-order valence-electron chi connectivity index (χ2n) is 12.0. The number of hydrogen-bond acceptors (Lipinski definition) is 5. The van der Waals surface area contributed by atoms with Gasteiger partial charge in [-0.2, -0.15) is 4.99 Å². The number of benzene rings is 3. The number of amidine groups is 1. The number of nitrogens with zero attached hydrogens (tertiary/aromatic N) is 5. The van der Waals surface area contributed by atoms with Gasteiger partial charge < -0.3 is 15.0 Å². The molecule has 2 aliphatic rings. The summed E-state index contributed by atoms with van der Waals surface area (Å²) in [5.41, 5.74) is 6.10. The van der Waals surface area contributed by atoms with Crippen molar-refractivity contribution in [1.29, 1.82) is 0 Å². The largest absolute Gasteiger partial charge is 0.573 e. The highest BCUT2D eigenvalue weighted by atomic mass is 32.2. The summed E-state index contributed by atoms with van der Waals surface area (Å²) in [6.07, 6.45) is -1.39. The highest BCUT2D eigenvalue weighted by molar-refractivity contribution is 8.14. The number of rotatable bonds is 7. The van der Waals surface area contributed by atoms with Crippen molar-refractivity contribution in [1.82, 2.24) is 20.1 Å². The number of anilines is 1. The van der Waals surface area contributed by atoms with Gasteiger partial charge >= 0.3 is 12.4 Å². The Morgan fingerprint density at radius 1 is 1.09 bits per heavy atom. The number of carbonyl (C=O) groups excluding carboxylic acids is 1. The molecular weight excluding hydrogens is 613 g/mol. The summed E-state index contributed by atoms with van der Waals surface area (Å²) in [7, 11) is 0. The molecule has 8 nitrogen and oxygen atoms in total. The molecule has 46 heavy (non-hydrogen) atoms. The van der Waals surface area contributed by atoms with Crippen LogP contribution in [0.2, 0.25) is 0 Å². The Morgan fingerprint density at radius 2 is 1.83 bits per heavy atom. The van der Waals surface area contributed by atoms with Crippen molar-refractivity contribution in [3.63, 3.8) is 0 Å². The topological polar surface area (TPSA) is 84.6 Å². The first kappa shape index (κ1) is 31.7. The predicted molar refractivity (Wildman–Crippen MR) is 175 cm³/mol. The highest BCUT2D eigenvalue weighted by Gasteiger charge is 2.40. The number of carbonyl (C=O) groups is 1. The quantitative estimate of drug-likeness (QED) is 0.217. The van der Waals surface area contributed by atoms with E-state index in [-0.39, 0.29) is 29.8 Å². The van der Waals surface area contributed by atoms with Gasteiger partial charge in [-0.25, -0.2) is 14.5 Å². The van der Waals surface area contributed by atoms with Crippen LogP contribution in [-0.2, 0) is 0 Å². The maximum absolute atomic E-state index is 13.1. The molecule has 0 radical (unpaired) electrons. The zero-order valence-corrected chi connectivity index (χ0v) is 26.8. The predicted octanol–water partition coefficient (Wildman–Crippen LogP) is 8.22. The van der Waals surface area contributed by atoms with Crippen LogP contribution < -0.4 is 15.0 Å². The maximum Gasteiger partial charge on any atom is 0.573 e. The molecule has 1 N–H and O–H groups in total. The number of hydrogen-bond donors (Lipinski definition) is 1. The smallest absolute Gasteiger partial charge is 0.406 e. The van der Waals surface area contributed by atoms with Crippen LogP contribution in [-0.4, -0.2) is 50.2 Å². The molecule has 12 heteroatoms. The number of amides is 2. The molecule has 2 amide bonds. The number of thioether (sulfide) groups is 1. The third-order valence-corrected chi connectivity index (χ3v) is 9.26. The van der Waals surface area contributed by atoms with E-state index in [4.69, 9.17) is 0 Å². The molecule has 0 bridgehead atoms. The van der Waals surface area contributed by atoms with E-state index in [9.17, 15) is 18.0 Å². The SMILES string of the molecule is Cc1cccc(N2C(=NC(=O)NC3CC3c3ccc(-c4ncn(-c5ccc(OC(F)(F)F)cc5)n4)cc3)SCCC2C)c1C(C)C.